The van der Waals surface area contributed by atoms with Gasteiger partial charge < -0.3 is 15.3 Å². The van der Waals surface area contributed by atoms with Crippen LogP contribution in [0.2, 0.25) is 0 Å². The zero-order valence-corrected chi connectivity index (χ0v) is 26.3. The number of benzene rings is 2. The maximum Gasteiger partial charge on any atom is 0.290 e. The third kappa shape index (κ3) is 6.07. The topological polar surface area (TPSA) is 135 Å². The highest BCUT2D eigenvalue weighted by molar-refractivity contribution is 5.85. The number of aliphatic hydroxyl groups is 1. The summed E-state index contributed by atoms with van der Waals surface area (Å²) in [5.41, 5.74) is 2.78. The number of aliphatic hydroxyl groups excluding tert-OH is 1. The summed E-state index contributed by atoms with van der Waals surface area (Å²) in [7, 11) is 1.51. The van der Waals surface area contributed by atoms with Crippen molar-refractivity contribution in [1.29, 1.82) is 0 Å². The Bertz CT molecular complexity index is 2150. The second-order valence-corrected chi connectivity index (χ2v) is 11.8. The first-order valence-electron chi connectivity index (χ1n) is 15.2. The number of carbonyl (C=O) groups is 1. The van der Waals surface area contributed by atoms with E-state index < -0.39 is 23.5 Å². The molecule has 1 amide bonds. The van der Waals surface area contributed by atoms with Crippen LogP contribution in [0, 0.1) is 5.82 Å². The summed E-state index contributed by atoms with van der Waals surface area (Å²) in [5.74, 6) is 0.152. The second-order valence-electron chi connectivity index (χ2n) is 11.8. The summed E-state index contributed by atoms with van der Waals surface area (Å²) >= 11 is 0. The molecule has 5 aromatic rings. The van der Waals surface area contributed by atoms with E-state index >= 15 is 4.39 Å². The Morgan fingerprint density at radius 1 is 1.06 bits per heavy atom. The molecule has 2 aromatic carbocycles. The van der Waals surface area contributed by atoms with Crippen molar-refractivity contribution >= 4 is 33.8 Å². The SMILES string of the molecule is C=C(C)c1cc(F)c2c(=O)n(-c3cccc(-c4cc(Nc5ccc(C6CCN(C(C)=O)CC6)cn5)c(=O)n(C)n4)c3CO)ncc2c1. The Balaban J connectivity index is 1.33. The van der Waals surface area contributed by atoms with Gasteiger partial charge in [-0.05, 0) is 67.1 Å². The van der Waals surface area contributed by atoms with Crippen LogP contribution in [0.1, 0.15) is 49.3 Å². The molecule has 3 aromatic heterocycles. The molecule has 12 heteroatoms. The summed E-state index contributed by atoms with van der Waals surface area (Å²) in [6.07, 6.45) is 4.91. The van der Waals surface area contributed by atoms with E-state index in [2.05, 4.69) is 27.1 Å². The van der Waals surface area contributed by atoms with E-state index in [0.717, 1.165) is 23.1 Å². The molecule has 11 nitrogen and oxygen atoms in total. The number of likely N-dealkylation sites (tertiary alicyclic amines) is 1. The van der Waals surface area contributed by atoms with Crippen LogP contribution in [0.15, 0.2) is 77.1 Å². The molecule has 0 bridgehead atoms. The van der Waals surface area contributed by atoms with E-state index in [9.17, 15) is 19.5 Å². The maximum atomic E-state index is 15.2. The standard InChI is InChI=1S/C35H34FN7O4/c1-20(2)24-14-25-18-38-43(35(47)33(25)28(36)15-24)31-7-5-6-26(27(31)19-44)29-16-30(34(46)41(4)40-29)39-32-9-8-23(17-37-32)22-10-12-42(13-11-22)21(3)45/h5-9,14-18,22,44H,1,10-13,19H2,2-4H3,(H,37,39). The molecular formula is C35H34FN7O4. The number of anilines is 2. The Morgan fingerprint density at radius 3 is 2.49 bits per heavy atom. The number of allylic oxidation sites excluding steroid dienone is 1. The van der Waals surface area contributed by atoms with Crippen molar-refractivity contribution in [1.82, 2.24) is 29.4 Å². The van der Waals surface area contributed by atoms with Crippen molar-refractivity contribution in [2.24, 2.45) is 7.05 Å². The summed E-state index contributed by atoms with van der Waals surface area (Å²) in [6, 6.07) is 13.3. The lowest BCUT2D eigenvalue weighted by Gasteiger charge is -2.31. The lowest BCUT2D eigenvalue weighted by Crippen LogP contribution is -2.36. The summed E-state index contributed by atoms with van der Waals surface area (Å²) in [6.45, 7) is 8.12. The lowest BCUT2D eigenvalue weighted by atomic mass is 9.90. The second kappa shape index (κ2) is 12.7. The molecule has 0 saturated carbocycles. The van der Waals surface area contributed by atoms with Gasteiger partial charge in [0.25, 0.3) is 11.1 Å². The average molecular weight is 636 g/mol. The number of nitrogens with zero attached hydrogens (tertiary/aromatic N) is 6. The van der Waals surface area contributed by atoms with Crippen molar-refractivity contribution in [2.45, 2.75) is 39.2 Å². The molecule has 0 spiro atoms. The van der Waals surface area contributed by atoms with Crippen LogP contribution >= 0.6 is 0 Å². The first-order valence-corrected chi connectivity index (χ1v) is 15.2. The van der Waals surface area contributed by atoms with Gasteiger partial charge in [-0.2, -0.15) is 14.9 Å². The number of fused-ring (bicyclic) bond motifs is 1. The number of amides is 1. The van der Waals surface area contributed by atoms with Gasteiger partial charge >= 0.3 is 0 Å². The van der Waals surface area contributed by atoms with Gasteiger partial charge in [-0.15, -0.1) is 0 Å². The van der Waals surface area contributed by atoms with Crippen molar-refractivity contribution < 1.29 is 14.3 Å². The van der Waals surface area contributed by atoms with Gasteiger partial charge in [0.1, 0.15) is 17.3 Å². The van der Waals surface area contributed by atoms with Gasteiger partial charge in [-0.1, -0.05) is 30.4 Å². The highest BCUT2D eigenvalue weighted by Crippen LogP contribution is 2.30. The largest absolute Gasteiger partial charge is 0.392 e. The van der Waals surface area contributed by atoms with Crippen LogP contribution in [0.5, 0.6) is 0 Å². The van der Waals surface area contributed by atoms with Crippen molar-refractivity contribution in [3.63, 3.8) is 0 Å². The molecule has 0 atom stereocenters. The number of hydrogen-bond donors (Lipinski definition) is 2. The number of rotatable bonds is 7. The van der Waals surface area contributed by atoms with Gasteiger partial charge in [0.05, 0.1) is 29.6 Å². The van der Waals surface area contributed by atoms with Crippen LogP contribution in [0.3, 0.4) is 0 Å². The van der Waals surface area contributed by atoms with Gasteiger partial charge in [-0.3, -0.25) is 14.4 Å². The van der Waals surface area contributed by atoms with Crippen LogP contribution < -0.4 is 16.4 Å². The fourth-order valence-electron chi connectivity index (χ4n) is 6.05. The normalized spacial score (nSPS) is 13.6. The number of nitrogens with one attached hydrogen (secondary N) is 1. The van der Waals surface area contributed by atoms with E-state index in [1.54, 1.807) is 50.4 Å². The molecule has 0 radical (unpaired) electrons. The zero-order valence-electron chi connectivity index (χ0n) is 26.3. The quantitative estimate of drug-likeness (QED) is 0.263. The molecular weight excluding hydrogens is 601 g/mol. The van der Waals surface area contributed by atoms with E-state index in [1.165, 1.54) is 24.0 Å². The van der Waals surface area contributed by atoms with Gasteiger partial charge in [0, 0.05) is 49.8 Å². The molecule has 4 heterocycles. The predicted octanol–water partition coefficient (Wildman–Crippen LogP) is 4.68. The molecule has 1 saturated heterocycles. The van der Waals surface area contributed by atoms with Crippen LogP contribution in [-0.4, -0.2) is 53.5 Å². The first kappa shape index (κ1) is 31.5. The van der Waals surface area contributed by atoms with Crippen molar-refractivity contribution in [3.8, 4) is 16.9 Å². The Hall–Kier alpha value is -5.49. The zero-order chi connectivity index (χ0) is 33.4. The van der Waals surface area contributed by atoms with Gasteiger partial charge in [-0.25, -0.2) is 14.1 Å². The Kier molecular flexibility index (Phi) is 8.52. The molecule has 1 aliphatic heterocycles. The van der Waals surface area contributed by atoms with E-state index in [1.807, 2.05) is 17.0 Å². The number of piperidine rings is 1. The summed E-state index contributed by atoms with van der Waals surface area (Å²) in [4.78, 5) is 44.7. The molecule has 6 rings (SSSR count). The predicted molar refractivity (Wildman–Crippen MR) is 178 cm³/mol. The smallest absolute Gasteiger partial charge is 0.290 e. The van der Waals surface area contributed by atoms with Crippen molar-refractivity contribution in [2.75, 3.05) is 18.4 Å². The van der Waals surface area contributed by atoms with Crippen LogP contribution in [-0.2, 0) is 18.4 Å². The number of carbonyl (C=O) groups excluding carboxylic acids is 1. The summed E-state index contributed by atoms with van der Waals surface area (Å²) < 4.78 is 17.4. The number of pyridine rings is 1. The molecule has 1 aliphatic rings. The minimum atomic E-state index is -0.696. The maximum absolute atomic E-state index is 15.2. The Labute approximate surface area is 269 Å². The highest BCUT2D eigenvalue weighted by Gasteiger charge is 2.23. The third-order valence-electron chi connectivity index (χ3n) is 8.67. The monoisotopic (exact) mass is 635 g/mol. The minimum Gasteiger partial charge on any atom is -0.392 e. The van der Waals surface area contributed by atoms with Crippen molar-refractivity contribution in [3.05, 3.63) is 111 Å². The molecule has 47 heavy (non-hydrogen) atoms. The van der Waals surface area contributed by atoms with Crippen LogP contribution in [0.4, 0.5) is 15.9 Å². The Morgan fingerprint density at radius 2 is 1.83 bits per heavy atom. The fraction of sp³-hybridized carbons (Fsp3) is 0.257. The third-order valence-corrected chi connectivity index (χ3v) is 8.67. The van der Waals surface area contributed by atoms with E-state index in [4.69, 9.17) is 0 Å². The number of hydrogen-bond acceptors (Lipinski definition) is 8. The van der Waals surface area contributed by atoms with E-state index in [-0.39, 0.29) is 22.7 Å². The lowest BCUT2D eigenvalue weighted by molar-refractivity contribution is -0.129. The summed E-state index contributed by atoms with van der Waals surface area (Å²) in [5, 5.41) is 22.5. The fourth-order valence-corrected chi connectivity index (χ4v) is 6.05. The first-order chi connectivity index (χ1) is 22.5. The number of halogens is 1. The van der Waals surface area contributed by atoms with Crippen LogP contribution in [0.25, 0.3) is 33.3 Å². The molecule has 0 unspecified atom stereocenters. The highest BCUT2D eigenvalue weighted by atomic mass is 19.1. The van der Waals surface area contributed by atoms with Gasteiger partial charge in [0.2, 0.25) is 5.91 Å². The molecule has 2 N–H and O–H groups in total. The molecule has 1 fully saturated rings. The molecule has 240 valence electrons. The van der Waals surface area contributed by atoms with E-state index in [0.29, 0.717) is 58.2 Å². The number of aryl methyl sites for hydroxylation is 1. The average Bonchev–Trinajstić information content (AvgIpc) is 3.06. The van der Waals surface area contributed by atoms with Gasteiger partial charge in [0.15, 0.2) is 0 Å². The minimum absolute atomic E-state index is 0.0875. The molecule has 0 aliphatic carbocycles. The number of aromatic nitrogens is 5.